The second kappa shape index (κ2) is 11.1. The van der Waals surface area contributed by atoms with Crippen LogP contribution < -0.4 is 5.32 Å². The summed E-state index contributed by atoms with van der Waals surface area (Å²) in [6, 6.07) is 18.8. The van der Waals surface area contributed by atoms with Crippen LogP contribution in [0, 0.1) is 5.82 Å². The van der Waals surface area contributed by atoms with Gasteiger partial charge in [0.25, 0.3) is 11.8 Å². The van der Waals surface area contributed by atoms with Gasteiger partial charge < -0.3 is 15.0 Å². The average Bonchev–Trinajstić information content (AvgIpc) is 3.58. The molecule has 3 heterocycles. The highest BCUT2D eigenvalue weighted by atomic mass is 32.1. The quantitative estimate of drug-likeness (QED) is 0.350. The molecule has 0 bridgehead atoms. The number of nitrogens with one attached hydrogen (secondary N) is 1. The number of thiophene rings is 1. The van der Waals surface area contributed by atoms with Crippen molar-refractivity contribution >= 4 is 29.2 Å². The number of carbonyl (C=O) groups excluding carboxylic acids is 2. The van der Waals surface area contributed by atoms with E-state index in [1.165, 1.54) is 35.6 Å². The maximum Gasteiger partial charge on any atom is 0.270 e. The lowest BCUT2D eigenvalue weighted by molar-refractivity contribution is -0.139. The zero-order valence-electron chi connectivity index (χ0n) is 21.0. The summed E-state index contributed by atoms with van der Waals surface area (Å²) in [6.45, 7) is 4.62. The minimum atomic E-state index is -0.507. The van der Waals surface area contributed by atoms with Crippen molar-refractivity contribution < 1.29 is 18.7 Å². The fourth-order valence-corrected chi connectivity index (χ4v) is 5.16. The smallest absolute Gasteiger partial charge is 0.270 e. The highest BCUT2D eigenvalue weighted by Crippen LogP contribution is 2.29. The van der Waals surface area contributed by atoms with E-state index in [2.05, 4.69) is 5.32 Å². The van der Waals surface area contributed by atoms with Gasteiger partial charge >= 0.3 is 0 Å². The summed E-state index contributed by atoms with van der Waals surface area (Å²) in [7, 11) is 0. The van der Waals surface area contributed by atoms with Crippen molar-refractivity contribution in [3.05, 3.63) is 101 Å². The summed E-state index contributed by atoms with van der Waals surface area (Å²) < 4.78 is 21.0. The number of rotatable bonds is 6. The van der Waals surface area contributed by atoms with E-state index in [-0.39, 0.29) is 29.4 Å². The second-order valence-corrected chi connectivity index (χ2v) is 10.1. The van der Waals surface area contributed by atoms with Crippen LogP contribution in [-0.2, 0) is 9.53 Å². The van der Waals surface area contributed by atoms with Crippen LogP contribution in [0.15, 0.2) is 84.0 Å². The number of amides is 2. The summed E-state index contributed by atoms with van der Waals surface area (Å²) in [5, 5.41) is 9.55. The van der Waals surface area contributed by atoms with Crippen molar-refractivity contribution in [2.45, 2.75) is 26.1 Å². The SMILES string of the molecule is C[C@@H]1CN(C(=O)/C(=C/c2cn(-c3ccccc3)nc2-c2cccs2)NC(=O)c2ccc(F)cc2)C[C@H](C)O1. The first kappa shape index (κ1) is 25.6. The Labute approximate surface area is 224 Å². The van der Waals surface area contributed by atoms with Crippen LogP contribution in [0.2, 0.25) is 0 Å². The zero-order valence-corrected chi connectivity index (χ0v) is 21.8. The molecule has 5 rings (SSSR count). The van der Waals surface area contributed by atoms with Crippen LogP contribution in [0.3, 0.4) is 0 Å². The number of nitrogens with zero attached hydrogens (tertiary/aromatic N) is 3. The van der Waals surface area contributed by atoms with Gasteiger partial charge in [-0.1, -0.05) is 24.3 Å². The van der Waals surface area contributed by atoms with E-state index in [0.717, 1.165) is 10.6 Å². The molecule has 0 spiro atoms. The lowest BCUT2D eigenvalue weighted by Crippen LogP contribution is -2.50. The maximum absolute atomic E-state index is 13.8. The van der Waals surface area contributed by atoms with E-state index >= 15 is 0 Å². The predicted molar refractivity (Wildman–Crippen MR) is 145 cm³/mol. The molecule has 194 valence electrons. The van der Waals surface area contributed by atoms with Gasteiger partial charge in [0.05, 0.1) is 22.8 Å². The lowest BCUT2D eigenvalue weighted by atomic mass is 10.1. The number of halogens is 1. The number of carbonyl (C=O) groups is 2. The molecule has 1 saturated heterocycles. The minimum absolute atomic E-state index is 0.103. The van der Waals surface area contributed by atoms with Crippen LogP contribution >= 0.6 is 11.3 Å². The molecule has 2 atom stereocenters. The Kier molecular flexibility index (Phi) is 7.48. The molecular weight excluding hydrogens is 503 g/mol. The Morgan fingerprint density at radius 2 is 1.74 bits per heavy atom. The van der Waals surface area contributed by atoms with Gasteiger partial charge in [0.15, 0.2) is 0 Å². The van der Waals surface area contributed by atoms with Crippen LogP contribution in [-0.4, -0.2) is 51.8 Å². The zero-order chi connectivity index (χ0) is 26.6. The van der Waals surface area contributed by atoms with Gasteiger partial charge in [-0.05, 0) is 67.8 Å². The Balaban J connectivity index is 1.57. The molecule has 1 N–H and O–H groups in total. The van der Waals surface area contributed by atoms with Crippen molar-refractivity contribution in [1.82, 2.24) is 20.0 Å². The summed E-state index contributed by atoms with van der Waals surface area (Å²) in [4.78, 5) is 29.5. The first-order chi connectivity index (χ1) is 18.4. The van der Waals surface area contributed by atoms with Crippen molar-refractivity contribution in [1.29, 1.82) is 0 Å². The van der Waals surface area contributed by atoms with E-state index in [9.17, 15) is 14.0 Å². The molecule has 2 aromatic heterocycles. The predicted octanol–water partition coefficient (Wildman–Crippen LogP) is 5.15. The molecule has 9 heteroatoms. The lowest BCUT2D eigenvalue weighted by Gasteiger charge is -2.35. The monoisotopic (exact) mass is 530 g/mol. The van der Waals surface area contributed by atoms with Crippen molar-refractivity contribution in [2.24, 2.45) is 0 Å². The fourth-order valence-electron chi connectivity index (χ4n) is 4.43. The van der Waals surface area contributed by atoms with E-state index < -0.39 is 11.7 Å². The molecule has 38 heavy (non-hydrogen) atoms. The highest BCUT2D eigenvalue weighted by molar-refractivity contribution is 7.13. The van der Waals surface area contributed by atoms with Gasteiger partial charge in [-0.15, -0.1) is 11.3 Å². The van der Waals surface area contributed by atoms with Crippen LogP contribution in [0.5, 0.6) is 0 Å². The molecule has 4 aromatic rings. The fraction of sp³-hybridized carbons (Fsp3) is 0.207. The van der Waals surface area contributed by atoms with Gasteiger partial charge in [-0.3, -0.25) is 9.59 Å². The second-order valence-electron chi connectivity index (χ2n) is 9.18. The summed E-state index contributed by atoms with van der Waals surface area (Å²) in [5.74, 6) is -1.28. The maximum atomic E-state index is 13.8. The average molecular weight is 531 g/mol. The number of ether oxygens (including phenoxy) is 1. The molecule has 0 radical (unpaired) electrons. The van der Waals surface area contributed by atoms with Crippen LogP contribution in [0.1, 0.15) is 29.8 Å². The molecule has 2 aromatic carbocycles. The highest BCUT2D eigenvalue weighted by Gasteiger charge is 2.29. The van der Waals surface area contributed by atoms with Gasteiger partial charge in [-0.25, -0.2) is 9.07 Å². The van der Waals surface area contributed by atoms with Crippen LogP contribution in [0.25, 0.3) is 22.3 Å². The van der Waals surface area contributed by atoms with Crippen molar-refractivity contribution in [3.8, 4) is 16.3 Å². The van der Waals surface area contributed by atoms with E-state index in [4.69, 9.17) is 9.84 Å². The van der Waals surface area contributed by atoms with Gasteiger partial charge in [-0.2, -0.15) is 5.10 Å². The Hall–Kier alpha value is -4.08. The van der Waals surface area contributed by atoms with Gasteiger partial charge in [0, 0.05) is 30.4 Å². The van der Waals surface area contributed by atoms with E-state index in [1.807, 2.05) is 67.9 Å². The number of hydrogen-bond donors (Lipinski definition) is 1. The Bertz CT molecular complexity index is 1440. The number of para-hydroxylation sites is 1. The largest absolute Gasteiger partial charge is 0.372 e. The van der Waals surface area contributed by atoms with E-state index in [1.54, 1.807) is 15.7 Å². The summed E-state index contributed by atoms with van der Waals surface area (Å²) in [5.41, 5.74) is 2.57. The third kappa shape index (κ3) is 5.74. The summed E-state index contributed by atoms with van der Waals surface area (Å²) in [6.07, 6.45) is 3.22. The standard InChI is InChI=1S/C29H27FN4O3S/c1-19-16-33(17-20(2)37-19)29(36)25(31-28(35)21-10-12-23(30)13-11-21)15-22-18-34(24-7-4-3-5-8-24)32-27(22)26-9-6-14-38-26/h3-15,18-20H,16-17H2,1-2H3,(H,31,35)/b25-15-/t19-,20+. The van der Waals surface area contributed by atoms with Gasteiger partial charge in [0.2, 0.25) is 0 Å². The van der Waals surface area contributed by atoms with Crippen molar-refractivity contribution in [3.63, 3.8) is 0 Å². The summed E-state index contributed by atoms with van der Waals surface area (Å²) >= 11 is 1.54. The molecule has 0 unspecified atom stereocenters. The minimum Gasteiger partial charge on any atom is -0.372 e. The Morgan fingerprint density at radius 3 is 2.39 bits per heavy atom. The third-order valence-electron chi connectivity index (χ3n) is 6.11. The number of hydrogen-bond acceptors (Lipinski definition) is 5. The molecule has 1 aliphatic rings. The normalized spacial score (nSPS) is 17.9. The third-order valence-corrected chi connectivity index (χ3v) is 6.99. The number of morpholine rings is 1. The molecule has 1 fully saturated rings. The molecule has 2 amide bonds. The number of benzene rings is 2. The van der Waals surface area contributed by atoms with E-state index in [0.29, 0.717) is 24.3 Å². The molecular formula is C29H27FN4O3S. The molecule has 0 saturated carbocycles. The van der Waals surface area contributed by atoms with Crippen molar-refractivity contribution in [2.75, 3.05) is 13.1 Å². The van der Waals surface area contributed by atoms with Crippen LogP contribution in [0.4, 0.5) is 4.39 Å². The Morgan fingerprint density at radius 1 is 1.03 bits per heavy atom. The van der Waals surface area contributed by atoms with Gasteiger partial charge in [0.1, 0.15) is 17.2 Å². The topological polar surface area (TPSA) is 76.5 Å². The first-order valence-corrected chi connectivity index (χ1v) is 13.2. The number of aromatic nitrogens is 2. The molecule has 7 nitrogen and oxygen atoms in total. The molecule has 1 aliphatic heterocycles. The molecule has 0 aliphatic carbocycles. The first-order valence-electron chi connectivity index (χ1n) is 12.3.